The molecule has 102 valence electrons. The highest BCUT2D eigenvalue weighted by Gasteiger charge is 2.31. The van der Waals surface area contributed by atoms with Crippen LogP contribution in [0.5, 0.6) is 0 Å². The summed E-state index contributed by atoms with van der Waals surface area (Å²) in [6.45, 7) is 6.75. The van der Waals surface area contributed by atoms with Crippen LogP contribution in [-0.4, -0.2) is 49.6 Å². The number of hydrogen-bond donors (Lipinski definition) is 1. The number of para-hydroxylation sites is 1. The van der Waals surface area contributed by atoms with E-state index in [1.807, 2.05) is 24.0 Å². The fourth-order valence-electron chi connectivity index (χ4n) is 3.02. The Bertz CT molecular complexity index is 468. The molecular formula is C15H21N3O. The van der Waals surface area contributed by atoms with E-state index in [1.54, 1.807) is 0 Å². The normalized spacial score (nSPS) is 21.2. The SMILES string of the molecule is CC(C(=O)N1CCc2ccccc21)N1CCNCC1. The average molecular weight is 259 g/mol. The molecule has 2 aliphatic heterocycles. The molecule has 0 bridgehead atoms. The largest absolute Gasteiger partial charge is 0.314 e. The van der Waals surface area contributed by atoms with Gasteiger partial charge in [0.05, 0.1) is 6.04 Å². The van der Waals surface area contributed by atoms with Crippen LogP contribution in [0.4, 0.5) is 5.69 Å². The van der Waals surface area contributed by atoms with Crippen molar-refractivity contribution < 1.29 is 4.79 Å². The minimum atomic E-state index is -0.0201. The van der Waals surface area contributed by atoms with E-state index in [2.05, 4.69) is 22.3 Å². The summed E-state index contributed by atoms with van der Waals surface area (Å²) >= 11 is 0. The quantitative estimate of drug-likeness (QED) is 0.856. The van der Waals surface area contributed by atoms with Gasteiger partial charge < -0.3 is 10.2 Å². The van der Waals surface area contributed by atoms with Crippen molar-refractivity contribution in [1.82, 2.24) is 10.2 Å². The lowest BCUT2D eigenvalue weighted by molar-refractivity contribution is -0.123. The summed E-state index contributed by atoms with van der Waals surface area (Å²) in [7, 11) is 0. The summed E-state index contributed by atoms with van der Waals surface area (Å²) in [5.74, 6) is 0.242. The van der Waals surface area contributed by atoms with Gasteiger partial charge in [0.1, 0.15) is 0 Å². The molecular weight excluding hydrogens is 238 g/mol. The molecule has 1 unspecified atom stereocenters. The Kier molecular flexibility index (Phi) is 3.53. The van der Waals surface area contributed by atoms with Gasteiger partial charge in [-0.1, -0.05) is 18.2 Å². The van der Waals surface area contributed by atoms with E-state index in [0.29, 0.717) is 0 Å². The van der Waals surface area contributed by atoms with Crippen molar-refractivity contribution in [2.75, 3.05) is 37.6 Å². The van der Waals surface area contributed by atoms with Gasteiger partial charge in [0.25, 0.3) is 0 Å². The summed E-state index contributed by atoms with van der Waals surface area (Å²) in [6, 6.07) is 8.23. The lowest BCUT2D eigenvalue weighted by atomic mass is 10.1. The van der Waals surface area contributed by atoms with E-state index in [4.69, 9.17) is 0 Å². The molecule has 0 spiro atoms. The minimum Gasteiger partial charge on any atom is -0.314 e. The zero-order chi connectivity index (χ0) is 13.2. The molecule has 3 rings (SSSR count). The first kappa shape index (κ1) is 12.6. The maximum Gasteiger partial charge on any atom is 0.244 e. The number of carbonyl (C=O) groups excluding carboxylic acids is 1. The molecule has 4 heteroatoms. The molecule has 0 aromatic heterocycles. The van der Waals surface area contributed by atoms with Crippen molar-refractivity contribution in [3.63, 3.8) is 0 Å². The number of nitrogens with zero attached hydrogens (tertiary/aromatic N) is 2. The number of fused-ring (bicyclic) bond motifs is 1. The van der Waals surface area contributed by atoms with Crippen LogP contribution in [0, 0.1) is 0 Å². The van der Waals surface area contributed by atoms with Crippen molar-refractivity contribution in [3.8, 4) is 0 Å². The number of benzene rings is 1. The molecule has 4 nitrogen and oxygen atoms in total. The fourth-order valence-corrected chi connectivity index (χ4v) is 3.02. The molecule has 1 atom stereocenters. The molecule has 1 aromatic carbocycles. The van der Waals surface area contributed by atoms with Gasteiger partial charge in [-0.2, -0.15) is 0 Å². The highest BCUT2D eigenvalue weighted by Crippen LogP contribution is 2.28. The lowest BCUT2D eigenvalue weighted by Crippen LogP contribution is -2.53. The van der Waals surface area contributed by atoms with Crippen LogP contribution in [0.3, 0.4) is 0 Å². The average Bonchev–Trinajstić information content (AvgIpc) is 2.90. The smallest absolute Gasteiger partial charge is 0.244 e. The van der Waals surface area contributed by atoms with E-state index in [-0.39, 0.29) is 11.9 Å². The first-order valence-corrected chi connectivity index (χ1v) is 7.11. The summed E-state index contributed by atoms with van der Waals surface area (Å²) in [6.07, 6.45) is 0.982. The fraction of sp³-hybridized carbons (Fsp3) is 0.533. The van der Waals surface area contributed by atoms with Gasteiger partial charge in [0, 0.05) is 38.4 Å². The Balaban J connectivity index is 1.74. The summed E-state index contributed by atoms with van der Waals surface area (Å²) in [5, 5.41) is 3.33. The van der Waals surface area contributed by atoms with Gasteiger partial charge in [-0.15, -0.1) is 0 Å². The standard InChI is InChI=1S/C15H21N3O/c1-12(17-10-7-16-8-11-17)15(19)18-9-6-13-4-2-3-5-14(13)18/h2-5,12,16H,6-11H2,1H3. The van der Waals surface area contributed by atoms with Crippen LogP contribution in [0.2, 0.25) is 0 Å². The van der Waals surface area contributed by atoms with Crippen LogP contribution in [0.15, 0.2) is 24.3 Å². The molecule has 0 radical (unpaired) electrons. The Labute approximate surface area is 114 Å². The lowest BCUT2D eigenvalue weighted by Gasteiger charge is -2.34. The molecule has 0 saturated carbocycles. The van der Waals surface area contributed by atoms with E-state index >= 15 is 0 Å². The van der Waals surface area contributed by atoms with Crippen LogP contribution in [0.1, 0.15) is 12.5 Å². The highest BCUT2D eigenvalue weighted by molar-refractivity contribution is 5.98. The van der Waals surface area contributed by atoms with E-state index in [9.17, 15) is 4.79 Å². The highest BCUT2D eigenvalue weighted by atomic mass is 16.2. The number of amides is 1. The maximum absolute atomic E-state index is 12.7. The third-order valence-corrected chi connectivity index (χ3v) is 4.21. The number of hydrogen-bond acceptors (Lipinski definition) is 3. The number of nitrogens with one attached hydrogen (secondary N) is 1. The van der Waals surface area contributed by atoms with Crippen molar-refractivity contribution in [1.29, 1.82) is 0 Å². The minimum absolute atomic E-state index is 0.0201. The molecule has 1 fully saturated rings. The van der Waals surface area contributed by atoms with E-state index in [0.717, 1.165) is 44.8 Å². The molecule has 2 heterocycles. The summed E-state index contributed by atoms with van der Waals surface area (Å²) < 4.78 is 0. The second kappa shape index (κ2) is 5.31. The molecule has 1 saturated heterocycles. The number of carbonyl (C=O) groups is 1. The molecule has 1 amide bonds. The van der Waals surface area contributed by atoms with Crippen LogP contribution in [0.25, 0.3) is 0 Å². The monoisotopic (exact) mass is 259 g/mol. The van der Waals surface area contributed by atoms with Gasteiger partial charge in [0.15, 0.2) is 0 Å². The Morgan fingerprint density at radius 1 is 1.21 bits per heavy atom. The van der Waals surface area contributed by atoms with Gasteiger partial charge in [-0.05, 0) is 25.0 Å². The summed E-state index contributed by atoms with van der Waals surface area (Å²) in [4.78, 5) is 16.9. The van der Waals surface area contributed by atoms with Gasteiger partial charge in [-0.25, -0.2) is 0 Å². The van der Waals surface area contributed by atoms with Crippen molar-refractivity contribution >= 4 is 11.6 Å². The van der Waals surface area contributed by atoms with Crippen LogP contribution >= 0.6 is 0 Å². The first-order valence-electron chi connectivity index (χ1n) is 7.11. The third kappa shape index (κ3) is 2.38. The first-order chi connectivity index (χ1) is 9.27. The van der Waals surface area contributed by atoms with Gasteiger partial charge in [-0.3, -0.25) is 9.69 Å². The topological polar surface area (TPSA) is 35.6 Å². The molecule has 1 aromatic rings. The number of rotatable bonds is 2. The van der Waals surface area contributed by atoms with E-state index in [1.165, 1.54) is 5.56 Å². The van der Waals surface area contributed by atoms with Crippen LogP contribution in [-0.2, 0) is 11.2 Å². The molecule has 19 heavy (non-hydrogen) atoms. The number of piperazine rings is 1. The predicted octanol–water partition coefficient (Wildman–Crippen LogP) is 0.869. The Hall–Kier alpha value is -1.39. The Morgan fingerprint density at radius 3 is 2.74 bits per heavy atom. The second-order valence-corrected chi connectivity index (χ2v) is 5.33. The second-order valence-electron chi connectivity index (χ2n) is 5.33. The predicted molar refractivity (Wildman–Crippen MR) is 76.4 cm³/mol. The third-order valence-electron chi connectivity index (χ3n) is 4.21. The maximum atomic E-state index is 12.7. The van der Waals surface area contributed by atoms with Gasteiger partial charge >= 0.3 is 0 Å². The van der Waals surface area contributed by atoms with Crippen molar-refractivity contribution in [3.05, 3.63) is 29.8 Å². The zero-order valence-electron chi connectivity index (χ0n) is 11.4. The zero-order valence-corrected chi connectivity index (χ0v) is 11.4. The molecule has 0 aliphatic carbocycles. The Morgan fingerprint density at radius 2 is 1.95 bits per heavy atom. The number of anilines is 1. The van der Waals surface area contributed by atoms with E-state index < -0.39 is 0 Å². The molecule has 1 N–H and O–H groups in total. The van der Waals surface area contributed by atoms with Gasteiger partial charge in [0.2, 0.25) is 5.91 Å². The van der Waals surface area contributed by atoms with Crippen molar-refractivity contribution in [2.45, 2.75) is 19.4 Å². The van der Waals surface area contributed by atoms with Crippen LogP contribution < -0.4 is 10.2 Å². The van der Waals surface area contributed by atoms with Crippen molar-refractivity contribution in [2.24, 2.45) is 0 Å². The molecule has 2 aliphatic rings. The summed E-state index contributed by atoms with van der Waals surface area (Å²) in [5.41, 5.74) is 2.40.